The maximum Gasteiger partial charge on any atom is 0.490 e. The summed E-state index contributed by atoms with van der Waals surface area (Å²) >= 11 is 0. The fourth-order valence-corrected chi connectivity index (χ4v) is 2.62. The predicted molar refractivity (Wildman–Crippen MR) is 113 cm³/mol. The molecular weight excluding hydrogens is 411 g/mol. The van der Waals surface area contributed by atoms with Crippen LogP contribution in [0.25, 0.3) is 22.2 Å². The number of aromatic nitrogens is 2. The van der Waals surface area contributed by atoms with E-state index in [4.69, 9.17) is 14.6 Å². The summed E-state index contributed by atoms with van der Waals surface area (Å²) in [6, 6.07) is 14.5. The number of hydrogen-bond donors (Lipinski definition) is 3. The zero-order valence-electron chi connectivity index (χ0n) is 17.4. The number of imidazole rings is 1. The summed E-state index contributed by atoms with van der Waals surface area (Å²) in [5.41, 5.74) is 4.39. The van der Waals surface area contributed by atoms with Crippen LogP contribution in [0.4, 0.5) is 13.2 Å². The molecule has 0 spiro atoms. The summed E-state index contributed by atoms with van der Waals surface area (Å²) in [6.45, 7) is 7.10. The molecule has 3 N–H and O–H groups in total. The molecule has 2 aromatic carbocycles. The molecule has 168 valence electrons. The SMILES string of the molecule is CC(C)CCNCCOc1ccc(-c2ccc3nc[nH]c3c2)cc1.O=C(O)C(F)(F)F. The fourth-order valence-electron chi connectivity index (χ4n) is 2.62. The van der Waals surface area contributed by atoms with Crippen molar-refractivity contribution in [2.24, 2.45) is 5.92 Å². The zero-order valence-corrected chi connectivity index (χ0v) is 17.4. The van der Waals surface area contributed by atoms with E-state index in [2.05, 4.69) is 53.4 Å². The third kappa shape index (κ3) is 8.29. The lowest BCUT2D eigenvalue weighted by Gasteiger charge is -2.09. The van der Waals surface area contributed by atoms with Crippen molar-refractivity contribution in [3.05, 3.63) is 48.8 Å². The van der Waals surface area contributed by atoms with Gasteiger partial charge in [0.2, 0.25) is 0 Å². The van der Waals surface area contributed by atoms with E-state index in [1.807, 2.05) is 18.2 Å². The first-order chi connectivity index (χ1) is 14.7. The summed E-state index contributed by atoms with van der Waals surface area (Å²) < 4.78 is 37.5. The van der Waals surface area contributed by atoms with Gasteiger partial charge in [-0.3, -0.25) is 0 Å². The number of aromatic amines is 1. The van der Waals surface area contributed by atoms with Crippen LogP contribution in [0.1, 0.15) is 20.3 Å². The number of ether oxygens (including phenoxy) is 1. The van der Waals surface area contributed by atoms with Gasteiger partial charge in [-0.1, -0.05) is 32.0 Å². The number of benzene rings is 2. The second kappa shape index (κ2) is 11.4. The Morgan fingerprint density at radius 2 is 1.77 bits per heavy atom. The van der Waals surface area contributed by atoms with E-state index in [9.17, 15) is 13.2 Å². The van der Waals surface area contributed by atoms with Crippen LogP contribution in [0, 0.1) is 5.92 Å². The highest BCUT2D eigenvalue weighted by Crippen LogP contribution is 2.25. The van der Waals surface area contributed by atoms with Gasteiger partial charge < -0.3 is 20.1 Å². The van der Waals surface area contributed by atoms with Crippen molar-refractivity contribution in [3.63, 3.8) is 0 Å². The molecule has 0 aliphatic heterocycles. The number of H-pyrrole nitrogens is 1. The van der Waals surface area contributed by atoms with Crippen molar-refractivity contribution in [2.75, 3.05) is 19.7 Å². The Balaban J connectivity index is 0.000000423. The van der Waals surface area contributed by atoms with E-state index in [-0.39, 0.29) is 0 Å². The zero-order chi connectivity index (χ0) is 22.9. The van der Waals surface area contributed by atoms with E-state index in [1.165, 1.54) is 17.5 Å². The fraction of sp³-hybridized carbons (Fsp3) is 0.364. The molecule has 0 bridgehead atoms. The smallest absolute Gasteiger partial charge is 0.490 e. The molecule has 0 atom stereocenters. The van der Waals surface area contributed by atoms with Crippen LogP contribution in [-0.4, -0.2) is 46.9 Å². The highest BCUT2D eigenvalue weighted by atomic mass is 19.4. The van der Waals surface area contributed by atoms with E-state index < -0.39 is 12.1 Å². The van der Waals surface area contributed by atoms with Crippen molar-refractivity contribution in [3.8, 4) is 16.9 Å². The van der Waals surface area contributed by atoms with Gasteiger partial charge in [0.05, 0.1) is 17.4 Å². The van der Waals surface area contributed by atoms with Crippen LogP contribution in [-0.2, 0) is 4.79 Å². The van der Waals surface area contributed by atoms with Crippen LogP contribution in [0.5, 0.6) is 5.75 Å². The molecule has 0 aliphatic carbocycles. The van der Waals surface area contributed by atoms with Crippen molar-refractivity contribution in [1.29, 1.82) is 0 Å². The number of nitrogens with one attached hydrogen (secondary N) is 2. The maximum absolute atomic E-state index is 10.6. The van der Waals surface area contributed by atoms with Crippen LogP contribution >= 0.6 is 0 Å². The van der Waals surface area contributed by atoms with E-state index in [0.717, 1.165) is 35.8 Å². The predicted octanol–water partition coefficient (Wildman–Crippen LogP) is 4.88. The Hall–Kier alpha value is -3.07. The molecule has 0 amide bonds. The minimum absolute atomic E-state index is 0.692. The Kier molecular flexibility index (Phi) is 8.87. The first-order valence-electron chi connectivity index (χ1n) is 9.84. The lowest BCUT2D eigenvalue weighted by molar-refractivity contribution is -0.192. The van der Waals surface area contributed by atoms with Gasteiger partial charge in [-0.05, 0) is 54.3 Å². The van der Waals surface area contributed by atoms with Gasteiger partial charge in [-0.25, -0.2) is 9.78 Å². The molecule has 0 unspecified atom stereocenters. The summed E-state index contributed by atoms with van der Waals surface area (Å²) in [5.74, 6) is -1.11. The Morgan fingerprint density at radius 1 is 1.13 bits per heavy atom. The molecule has 0 aliphatic rings. The van der Waals surface area contributed by atoms with Crippen LogP contribution in [0.2, 0.25) is 0 Å². The maximum atomic E-state index is 10.6. The van der Waals surface area contributed by atoms with Gasteiger partial charge in [-0.2, -0.15) is 13.2 Å². The molecule has 0 saturated carbocycles. The van der Waals surface area contributed by atoms with E-state index in [1.54, 1.807) is 6.33 Å². The molecule has 1 aromatic heterocycles. The Bertz CT molecular complexity index is 954. The number of rotatable bonds is 8. The normalized spacial score (nSPS) is 11.3. The number of nitrogens with zero attached hydrogens (tertiary/aromatic N) is 1. The monoisotopic (exact) mass is 437 g/mol. The molecule has 0 saturated heterocycles. The Labute approximate surface area is 178 Å². The van der Waals surface area contributed by atoms with Gasteiger partial charge in [0, 0.05) is 6.54 Å². The lowest BCUT2D eigenvalue weighted by Crippen LogP contribution is -2.22. The molecule has 0 fully saturated rings. The molecule has 0 radical (unpaired) electrons. The number of hydrogen-bond acceptors (Lipinski definition) is 4. The second-order valence-corrected chi connectivity index (χ2v) is 7.24. The number of carboxylic acids is 1. The molecule has 3 aromatic rings. The number of halogens is 3. The standard InChI is InChI=1S/C20H25N3O.C2HF3O2/c1-15(2)9-10-21-11-12-24-18-6-3-16(4-7-18)17-5-8-19-20(13-17)23-14-22-19;3-2(4,5)1(6)7/h3-8,13-15,21H,9-12H2,1-2H3,(H,22,23);(H,6,7). The third-order valence-electron chi connectivity index (χ3n) is 4.30. The first kappa shape index (κ1) is 24.2. The average Bonchev–Trinajstić information content (AvgIpc) is 3.18. The quantitative estimate of drug-likeness (QED) is 0.438. The summed E-state index contributed by atoms with van der Waals surface area (Å²) in [4.78, 5) is 16.3. The molecular formula is C22H26F3N3O3. The minimum atomic E-state index is -5.08. The van der Waals surface area contributed by atoms with Crippen LogP contribution in [0.3, 0.4) is 0 Å². The minimum Gasteiger partial charge on any atom is -0.492 e. The number of carbonyl (C=O) groups is 1. The summed E-state index contributed by atoms with van der Waals surface area (Å²) in [7, 11) is 0. The van der Waals surface area contributed by atoms with Gasteiger partial charge in [0.15, 0.2) is 0 Å². The summed E-state index contributed by atoms with van der Waals surface area (Å²) in [6.07, 6.45) is -2.16. The molecule has 1 heterocycles. The number of carboxylic acid groups (broad SMARTS) is 1. The van der Waals surface area contributed by atoms with Crippen molar-refractivity contribution in [2.45, 2.75) is 26.4 Å². The van der Waals surface area contributed by atoms with Crippen LogP contribution < -0.4 is 10.1 Å². The molecule has 9 heteroatoms. The number of alkyl halides is 3. The lowest BCUT2D eigenvalue weighted by atomic mass is 10.1. The average molecular weight is 437 g/mol. The molecule has 31 heavy (non-hydrogen) atoms. The van der Waals surface area contributed by atoms with Gasteiger partial charge in [0.1, 0.15) is 12.4 Å². The highest BCUT2D eigenvalue weighted by molar-refractivity contribution is 5.81. The molecule has 3 rings (SSSR count). The van der Waals surface area contributed by atoms with Crippen molar-refractivity contribution >= 4 is 17.0 Å². The number of aliphatic carboxylic acids is 1. The largest absolute Gasteiger partial charge is 0.492 e. The van der Waals surface area contributed by atoms with E-state index in [0.29, 0.717) is 6.61 Å². The van der Waals surface area contributed by atoms with Gasteiger partial charge in [0.25, 0.3) is 0 Å². The van der Waals surface area contributed by atoms with Gasteiger partial charge in [-0.15, -0.1) is 0 Å². The Morgan fingerprint density at radius 3 is 2.39 bits per heavy atom. The van der Waals surface area contributed by atoms with Crippen LogP contribution in [0.15, 0.2) is 48.8 Å². The second-order valence-electron chi connectivity index (χ2n) is 7.24. The van der Waals surface area contributed by atoms with E-state index >= 15 is 0 Å². The first-order valence-corrected chi connectivity index (χ1v) is 9.84. The summed E-state index contributed by atoms with van der Waals surface area (Å²) in [5, 5.41) is 10.5. The van der Waals surface area contributed by atoms with Crippen molar-refractivity contribution in [1.82, 2.24) is 15.3 Å². The number of fused-ring (bicyclic) bond motifs is 1. The van der Waals surface area contributed by atoms with Crippen molar-refractivity contribution < 1.29 is 27.8 Å². The third-order valence-corrected chi connectivity index (χ3v) is 4.30. The van der Waals surface area contributed by atoms with Gasteiger partial charge >= 0.3 is 12.1 Å². The topological polar surface area (TPSA) is 87.2 Å². The highest BCUT2D eigenvalue weighted by Gasteiger charge is 2.38. The molecule has 6 nitrogen and oxygen atoms in total.